The number of anilines is 1. The summed E-state index contributed by atoms with van der Waals surface area (Å²) in [5.74, 6) is 0.341. The van der Waals surface area contributed by atoms with Gasteiger partial charge in [0.2, 0.25) is 0 Å². The fourth-order valence-electron chi connectivity index (χ4n) is 4.20. The summed E-state index contributed by atoms with van der Waals surface area (Å²) in [6, 6.07) is 12.8. The van der Waals surface area contributed by atoms with Gasteiger partial charge in [0, 0.05) is 25.0 Å². The lowest BCUT2D eigenvalue weighted by Crippen LogP contribution is -2.32. The predicted octanol–water partition coefficient (Wildman–Crippen LogP) is 3.15. The van der Waals surface area contributed by atoms with Gasteiger partial charge in [-0.25, -0.2) is 4.98 Å². The van der Waals surface area contributed by atoms with E-state index in [4.69, 9.17) is 4.74 Å². The third-order valence-corrected chi connectivity index (χ3v) is 5.87. The first-order valence-electron chi connectivity index (χ1n) is 10.8. The standard InChI is InChI=1S/C24H24N6O3/c1-16-22(29-12-4-3-6-21(29)26-16)24(32)28-11-5-13-30-20(15-28)19(14-25-30)23(31)27-17-7-9-18(33-2)10-8-17/h3-4,6-10,12,14H,5,11,13,15H2,1-2H3,(H,27,31). The molecule has 33 heavy (non-hydrogen) atoms. The van der Waals surface area contributed by atoms with Crippen molar-refractivity contribution in [1.29, 1.82) is 0 Å². The van der Waals surface area contributed by atoms with Crippen LogP contribution >= 0.6 is 0 Å². The number of carbonyl (C=O) groups excluding carboxylic acids is 2. The minimum atomic E-state index is -0.262. The molecule has 0 unspecified atom stereocenters. The van der Waals surface area contributed by atoms with Crippen LogP contribution in [-0.4, -0.2) is 49.5 Å². The Labute approximate surface area is 190 Å². The largest absolute Gasteiger partial charge is 0.497 e. The van der Waals surface area contributed by atoms with Crippen LogP contribution in [0, 0.1) is 6.92 Å². The van der Waals surface area contributed by atoms with E-state index in [-0.39, 0.29) is 11.8 Å². The van der Waals surface area contributed by atoms with E-state index in [0.717, 1.165) is 17.8 Å². The van der Waals surface area contributed by atoms with Crippen LogP contribution < -0.4 is 10.1 Å². The Morgan fingerprint density at radius 1 is 1.09 bits per heavy atom. The summed E-state index contributed by atoms with van der Waals surface area (Å²) >= 11 is 0. The van der Waals surface area contributed by atoms with Gasteiger partial charge in [-0.1, -0.05) is 6.07 Å². The first-order valence-corrected chi connectivity index (χ1v) is 10.8. The number of aromatic nitrogens is 4. The molecule has 0 fully saturated rings. The van der Waals surface area contributed by atoms with Crippen LogP contribution in [0.3, 0.4) is 0 Å². The molecule has 1 aliphatic heterocycles. The molecule has 0 spiro atoms. The second-order valence-electron chi connectivity index (χ2n) is 7.97. The van der Waals surface area contributed by atoms with Crippen molar-refractivity contribution >= 4 is 23.1 Å². The maximum absolute atomic E-state index is 13.5. The molecule has 0 aliphatic carbocycles. The molecule has 3 aromatic heterocycles. The normalized spacial score (nSPS) is 13.5. The van der Waals surface area contributed by atoms with E-state index < -0.39 is 0 Å². The summed E-state index contributed by atoms with van der Waals surface area (Å²) in [5.41, 5.74) is 3.80. The number of nitrogens with zero attached hydrogens (tertiary/aromatic N) is 5. The van der Waals surface area contributed by atoms with Crippen LogP contribution in [0.25, 0.3) is 5.65 Å². The molecule has 1 aromatic carbocycles. The van der Waals surface area contributed by atoms with Crippen LogP contribution in [0.2, 0.25) is 0 Å². The first kappa shape index (κ1) is 20.7. The Bertz CT molecular complexity index is 1340. The number of aryl methyl sites for hydroxylation is 2. The smallest absolute Gasteiger partial charge is 0.273 e. The average Bonchev–Trinajstić information content (AvgIpc) is 3.30. The Kier molecular flexibility index (Phi) is 5.29. The number of nitrogens with one attached hydrogen (secondary N) is 1. The van der Waals surface area contributed by atoms with Crippen LogP contribution in [0.4, 0.5) is 5.69 Å². The number of fused-ring (bicyclic) bond motifs is 2. The van der Waals surface area contributed by atoms with Crippen molar-refractivity contribution in [2.24, 2.45) is 0 Å². The summed E-state index contributed by atoms with van der Waals surface area (Å²) in [5, 5.41) is 7.32. The number of ether oxygens (including phenoxy) is 1. The molecule has 0 atom stereocenters. The number of methoxy groups -OCH3 is 1. The van der Waals surface area contributed by atoms with Gasteiger partial charge in [0.15, 0.2) is 0 Å². The second-order valence-corrected chi connectivity index (χ2v) is 7.97. The molecule has 1 N–H and O–H groups in total. The number of hydrogen-bond acceptors (Lipinski definition) is 5. The molecule has 1 aliphatic rings. The van der Waals surface area contributed by atoms with Crippen LogP contribution in [0.1, 0.15) is 38.7 Å². The van der Waals surface area contributed by atoms with Gasteiger partial charge >= 0.3 is 0 Å². The number of hydrogen-bond donors (Lipinski definition) is 1. The summed E-state index contributed by atoms with van der Waals surface area (Å²) in [4.78, 5) is 32.9. The lowest BCUT2D eigenvalue weighted by Gasteiger charge is -2.21. The number of rotatable bonds is 4. The van der Waals surface area contributed by atoms with E-state index in [2.05, 4.69) is 15.4 Å². The van der Waals surface area contributed by atoms with E-state index in [1.807, 2.05) is 40.4 Å². The Morgan fingerprint density at radius 2 is 1.91 bits per heavy atom. The van der Waals surface area contributed by atoms with Crippen molar-refractivity contribution in [2.45, 2.75) is 26.4 Å². The van der Waals surface area contributed by atoms with Gasteiger partial charge in [-0.2, -0.15) is 5.10 Å². The topological polar surface area (TPSA) is 93.8 Å². The highest BCUT2D eigenvalue weighted by molar-refractivity contribution is 6.05. The summed E-state index contributed by atoms with van der Waals surface area (Å²) < 4.78 is 8.80. The molecule has 0 saturated carbocycles. The number of pyridine rings is 1. The van der Waals surface area contributed by atoms with E-state index in [9.17, 15) is 9.59 Å². The molecule has 2 amide bonds. The second kappa shape index (κ2) is 8.42. The fourth-order valence-corrected chi connectivity index (χ4v) is 4.20. The zero-order valence-electron chi connectivity index (χ0n) is 18.5. The quantitative estimate of drug-likeness (QED) is 0.522. The maximum Gasteiger partial charge on any atom is 0.273 e. The summed E-state index contributed by atoms with van der Waals surface area (Å²) in [7, 11) is 1.59. The van der Waals surface area contributed by atoms with E-state index in [0.29, 0.717) is 48.0 Å². The highest BCUT2D eigenvalue weighted by Crippen LogP contribution is 2.22. The minimum Gasteiger partial charge on any atom is -0.497 e. The molecule has 0 bridgehead atoms. The maximum atomic E-state index is 13.5. The summed E-state index contributed by atoms with van der Waals surface area (Å²) in [6.45, 7) is 3.35. The van der Waals surface area contributed by atoms with Gasteiger partial charge in [-0.05, 0) is 49.7 Å². The molecule has 4 aromatic rings. The lowest BCUT2D eigenvalue weighted by molar-refractivity contribution is 0.0736. The van der Waals surface area contributed by atoms with E-state index in [1.165, 1.54) is 0 Å². The van der Waals surface area contributed by atoms with E-state index >= 15 is 0 Å². The van der Waals surface area contributed by atoms with Crippen molar-refractivity contribution in [3.8, 4) is 5.75 Å². The van der Waals surface area contributed by atoms with Crippen molar-refractivity contribution in [3.05, 3.63) is 77.5 Å². The third kappa shape index (κ3) is 3.82. The molecule has 5 rings (SSSR count). The SMILES string of the molecule is COc1ccc(NC(=O)c2cnn3c2CN(C(=O)c2c(C)nc4ccccn24)CCC3)cc1. The van der Waals surface area contributed by atoms with Gasteiger partial charge in [0.05, 0.1) is 36.8 Å². The van der Waals surface area contributed by atoms with Gasteiger partial charge in [0.1, 0.15) is 17.1 Å². The molecule has 9 heteroatoms. The van der Waals surface area contributed by atoms with Crippen molar-refractivity contribution in [3.63, 3.8) is 0 Å². The van der Waals surface area contributed by atoms with E-state index in [1.54, 1.807) is 42.5 Å². The Balaban J connectivity index is 1.41. The molecule has 168 valence electrons. The van der Waals surface area contributed by atoms with Crippen LogP contribution in [0.15, 0.2) is 54.9 Å². The average molecular weight is 444 g/mol. The first-order chi connectivity index (χ1) is 16.0. The Morgan fingerprint density at radius 3 is 2.70 bits per heavy atom. The monoisotopic (exact) mass is 444 g/mol. The predicted molar refractivity (Wildman–Crippen MR) is 122 cm³/mol. The number of carbonyl (C=O) groups is 2. The van der Waals surface area contributed by atoms with Crippen molar-refractivity contribution in [1.82, 2.24) is 24.1 Å². The molecule has 4 heterocycles. The molecular weight excluding hydrogens is 420 g/mol. The van der Waals surface area contributed by atoms with Gasteiger partial charge in [0.25, 0.3) is 11.8 Å². The zero-order valence-corrected chi connectivity index (χ0v) is 18.5. The Hall–Kier alpha value is -4.14. The van der Waals surface area contributed by atoms with Crippen LogP contribution in [0.5, 0.6) is 5.75 Å². The number of benzene rings is 1. The number of imidazole rings is 1. The third-order valence-electron chi connectivity index (χ3n) is 5.87. The van der Waals surface area contributed by atoms with Gasteiger partial charge in [-0.15, -0.1) is 0 Å². The van der Waals surface area contributed by atoms with Crippen molar-refractivity contribution in [2.75, 3.05) is 19.0 Å². The highest BCUT2D eigenvalue weighted by atomic mass is 16.5. The summed E-state index contributed by atoms with van der Waals surface area (Å²) in [6.07, 6.45) is 4.16. The van der Waals surface area contributed by atoms with Gasteiger partial charge in [-0.3, -0.25) is 18.7 Å². The lowest BCUT2D eigenvalue weighted by atomic mass is 10.2. The zero-order chi connectivity index (χ0) is 22.9. The molecule has 0 saturated heterocycles. The molecular formula is C24H24N6O3. The number of amides is 2. The molecule has 0 radical (unpaired) electrons. The van der Waals surface area contributed by atoms with Crippen molar-refractivity contribution < 1.29 is 14.3 Å². The molecule has 9 nitrogen and oxygen atoms in total. The van der Waals surface area contributed by atoms with Crippen LogP contribution in [-0.2, 0) is 13.1 Å². The highest BCUT2D eigenvalue weighted by Gasteiger charge is 2.28. The fraction of sp³-hybridized carbons (Fsp3) is 0.250. The minimum absolute atomic E-state index is 0.109. The van der Waals surface area contributed by atoms with Gasteiger partial charge < -0.3 is 15.0 Å².